The number of para-hydroxylation sites is 1. The standard InChI is InChI=1S/C13H17IN2O/c1-10-6-4-5-9-16(10)13(17)15-12-8-3-2-7-11(12)14/h2-3,7-8,10H,4-6,9H2,1H3,(H,15,17). The number of amides is 2. The van der Waals surface area contributed by atoms with Gasteiger partial charge in [-0.05, 0) is 60.9 Å². The van der Waals surface area contributed by atoms with Crippen LogP contribution < -0.4 is 5.32 Å². The van der Waals surface area contributed by atoms with Gasteiger partial charge in [-0.15, -0.1) is 0 Å². The summed E-state index contributed by atoms with van der Waals surface area (Å²) in [4.78, 5) is 14.1. The van der Waals surface area contributed by atoms with Gasteiger partial charge in [0.1, 0.15) is 0 Å². The van der Waals surface area contributed by atoms with Crippen molar-refractivity contribution < 1.29 is 4.79 Å². The molecule has 1 N–H and O–H groups in total. The van der Waals surface area contributed by atoms with Crippen LogP contribution in [-0.2, 0) is 0 Å². The van der Waals surface area contributed by atoms with Gasteiger partial charge in [-0.2, -0.15) is 0 Å². The van der Waals surface area contributed by atoms with Gasteiger partial charge in [0.2, 0.25) is 0 Å². The molecule has 3 nitrogen and oxygen atoms in total. The number of carbonyl (C=O) groups excluding carboxylic acids is 1. The van der Waals surface area contributed by atoms with Crippen molar-refractivity contribution in [3.63, 3.8) is 0 Å². The summed E-state index contributed by atoms with van der Waals surface area (Å²) >= 11 is 2.24. The maximum atomic E-state index is 12.1. The van der Waals surface area contributed by atoms with Crippen molar-refractivity contribution in [2.24, 2.45) is 0 Å². The number of nitrogens with one attached hydrogen (secondary N) is 1. The molecule has 0 aromatic heterocycles. The summed E-state index contributed by atoms with van der Waals surface area (Å²) in [6.07, 6.45) is 3.46. The van der Waals surface area contributed by atoms with Crippen LogP contribution in [0.15, 0.2) is 24.3 Å². The lowest BCUT2D eigenvalue weighted by Crippen LogP contribution is -2.44. The van der Waals surface area contributed by atoms with Crippen LogP contribution in [0.4, 0.5) is 10.5 Å². The van der Waals surface area contributed by atoms with Gasteiger partial charge in [0.25, 0.3) is 0 Å². The van der Waals surface area contributed by atoms with Crippen molar-refractivity contribution in [1.29, 1.82) is 0 Å². The number of urea groups is 1. The number of rotatable bonds is 1. The Morgan fingerprint density at radius 1 is 1.41 bits per heavy atom. The molecule has 1 aromatic rings. The Bertz CT molecular complexity index is 408. The van der Waals surface area contributed by atoms with E-state index in [9.17, 15) is 4.79 Å². The maximum absolute atomic E-state index is 12.1. The molecule has 1 fully saturated rings. The van der Waals surface area contributed by atoms with E-state index in [4.69, 9.17) is 0 Å². The van der Waals surface area contributed by atoms with Crippen LogP contribution >= 0.6 is 22.6 Å². The molecule has 1 heterocycles. The maximum Gasteiger partial charge on any atom is 0.322 e. The number of benzene rings is 1. The molecular formula is C13H17IN2O. The first kappa shape index (κ1) is 12.7. The smallest absolute Gasteiger partial charge is 0.322 e. The Kier molecular flexibility index (Phi) is 4.25. The number of likely N-dealkylation sites (tertiary alicyclic amines) is 1. The predicted octanol–water partition coefficient (Wildman–Crippen LogP) is 3.70. The number of piperidine rings is 1. The Labute approximate surface area is 116 Å². The van der Waals surface area contributed by atoms with Crippen LogP contribution in [0, 0.1) is 3.57 Å². The summed E-state index contributed by atoms with van der Waals surface area (Å²) < 4.78 is 1.07. The zero-order valence-corrected chi connectivity index (χ0v) is 12.1. The van der Waals surface area contributed by atoms with Crippen LogP contribution in [0.25, 0.3) is 0 Å². The number of hydrogen-bond donors (Lipinski definition) is 1. The van der Waals surface area contributed by atoms with E-state index >= 15 is 0 Å². The topological polar surface area (TPSA) is 32.3 Å². The van der Waals surface area contributed by atoms with E-state index in [1.807, 2.05) is 29.2 Å². The number of hydrogen-bond acceptors (Lipinski definition) is 1. The SMILES string of the molecule is CC1CCCCN1C(=O)Nc1ccccc1I. The molecule has 2 rings (SSSR count). The highest BCUT2D eigenvalue weighted by molar-refractivity contribution is 14.1. The third-order valence-electron chi connectivity index (χ3n) is 3.18. The summed E-state index contributed by atoms with van der Waals surface area (Å²) in [5.74, 6) is 0. The summed E-state index contributed by atoms with van der Waals surface area (Å²) in [5, 5.41) is 2.99. The van der Waals surface area contributed by atoms with E-state index in [2.05, 4.69) is 34.8 Å². The lowest BCUT2D eigenvalue weighted by atomic mass is 10.0. The number of anilines is 1. The third kappa shape index (κ3) is 3.12. The van der Waals surface area contributed by atoms with Gasteiger partial charge in [0.15, 0.2) is 0 Å². The lowest BCUT2D eigenvalue weighted by Gasteiger charge is -2.33. The fourth-order valence-electron chi connectivity index (χ4n) is 2.15. The highest BCUT2D eigenvalue weighted by atomic mass is 127. The highest BCUT2D eigenvalue weighted by Gasteiger charge is 2.23. The second-order valence-corrected chi connectivity index (χ2v) is 5.61. The van der Waals surface area contributed by atoms with E-state index in [1.54, 1.807) is 0 Å². The number of carbonyl (C=O) groups is 1. The number of halogens is 1. The van der Waals surface area contributed by atoms with E-state index < -0.39 is 0 Å². The average Bonchev–Trinajstić information content (AvgIpc) is 2.32. The molecule has 17 heavy (non-hydrogen) atoms. The van der Waals surface area contributed by atoms with E-state index in [-0.39, 0.29) is 6.03 Å². The summed E-state index contributed by atoms with van der Waals surface area (Å²) in [6.45, 7) is 2.99. The second-order valence-electron chi connectivity index (χ2n) is 4.45. The van der Waals surface area contributed by atoms with Crippen LogP contribution in [-0.4, -0.2) is 23.5 Å². The molecule has 0 radical (unpaired) electrons. The van der Waals surface area contributed by atoms with Crippen LogP contribution in [0.2, 0.25) is 0 Å². The van der Waals surface area contributed by atoms with Crippen molar-refractivity contribution >= 4 is 34.3 Å². The largest absolute Gasteiger partial charge is 0.322 e. The second kappa shape index (κ2) is 5.71. The fourth-order valence-corrected chi connectivity index (χ4v) is 2.67. The van der Waals surface area contributed by atoms with Gasteiger partial charge in [-0.25, -0.2) is 4.79 Å². The van der Waals surface area contributed by atoms with Crippen molar-refractivity contribution in [2.45, 2.75) is 32.2 Å². The first-order chi connectivity index (χ1) is 8.18. The minimum absolute atomic E-state index is 0.0290. The van der Waals surface area contributed by atoms with Gasteiger partial charge in [0, 0.05) is 16.2 Å². The monoisotopic (exact) mass is 344 g/mol. The minimum atomic E-state index is 0.0290. The highest BCUT2D eigenvalue weighted by Crippen LogP contribution is 2.20. The molecule has 1 saturated heterocycles. The molecule has 0 saturated carbocycles. The Morgan fingerprint density at radius 2 is 2.18 bits per heavy atom. The Balaban J connectivity index is 2.03. The molecule has 1 aliphatic heterocycles. The van der Waals surface area contributed by atoms with Crippen LogP contribution in [0.3, 0.4) is 0 Å². The molecule has 2 amide bonds. The lowest BCUT2D eigenvalue weighted by molar-refractivity contribution is 0.170. The Morgan fingerprint density at radius 3 is 2.88 bits per heavy atom. The molecule has 1 aromatic carbocycles. The van der Waals surface area contributed by atoms with Crippen LogP contribution in [0.5, 0.6) is 0 Å². The average molecular weight is 344 g/mol. The van der Waals surface area contributed by atoms with Crippen molar-refractivity contribution in [2.75, 3.05) is 11.9 Å². The van der Waals surface area contributed by atoms with E-state index in [1.165, 1.54) is 6.42 Å². The van der Waals surface area contributed by atoms with Gasteiger partial charge in [-0.1, -0.05) is 12.1 Å². The predicted molar refractivity (Wildman–Crippen MR) is 78.2 cm³/mol. The van der Waals surface area contributed by atoms with Gasteiger partial charge >= 0.3 is 6.03 Å². The first-order valence-electron chi connectivity index (χ1n) is 6.00. The quantitative estimate of drug-likeness (QED) is 0.774. The van der Waals surface area contributed by atoms with Gasteiger partial charge in [0.05, 0.1) is 5.69 Å². The molecule has 92 valence electrons. The van der Waals surface area contributed by atoms with E-state index in [0.717, 1.165) is 28.6 Å². The van der Waals surface area contributed by atoms with Crippen molar-refractivity contribution in [3.8, 4) is 0 Å². The van der Waals surface area contributed by atoms with Crippen LogP contribution in [0.1, 0.15) is 26.2 Å². The molecular weight excluding hydrogens is 327 g/mol. The van der Waals surface area contributed by atoms with Gasteiger partial charge in [-0.3, -0.25) is 0 Å². The molecule has 4 heteroatoms. The zero-order valence-electron chi connectivity index (χ0n) is 9.95. The van der Waals surface area contributed by atoms with Crippen molar-refractivity contribution in [3.05, 3.63) is 27.8 Å². The number of nitrogens with zero attached hydrogens (tertiary/aromatic N) is 1. The fraction of sp³-hybridized carbons (Fsp3) is 0.462. The molecule has 1 atom stereocenters. The molecule has 1 unspecified atom stereocenters. The molecule has 1 aliphatic rings. The molecule has 0 spiro atoms. The van der Waals surface area contributed by atoms with E-state index in [0.29, 0.717) is 6.04 Å². The zero-order chi connectivity index (χ0) is 12.3. The van der Waals surface area contributed by atoms with Gasteiger partial charge < -0.3 is 10.2 Å². The van der Waals surface area contributed by atoms with Crippen molar-refractivity contribution in [1.82, 2.24) is 4.90 Å². The Hall–Kier alpha value is -0.780. The summed E-state index contributed by atoms with van der Waals surface area (Å²) in [5.41, 5.74) is 0.899. The minimum Gasteiger partial charge on any atom is -0.322 e. The normalized spacial score (nSPS) is 20.1. The molecule has 0 bridgehead atoms. The summed E-state index contributed by atoms with van der Waals surface area (Å²) in [6, 6.07) is 8.23. The third-order valence-corrected chi connectivity index (χ3v) is 4.12. The first-order valence-corrected chi connectivity index (χ1v) is 7.08. The summed E-state index contributed by atoms with van der Waals surface area (Å²) in [7, 11) is 0. The molecule has 0 aliphatic carbocycles.